The number of nitrogens with zero attached hydrogens (tertiary/aromatic N) is 1. The van der Waals surface area contributed by atoms with Gasteiger partial charge in [0.25, 0.3) is 0 Å². The number of aromatic nitrogens is 1. The molecule has 0 fully saturated rings. The van der Waals surface area contributed by atoms with Crippen molar-refractivity contribution < 1.29 is 14.3 Å². The molecule has 0 radical (unpaired) electrons. The van der Waals surface area contributed by atoms with Gasteiger partial charge >= 0.3 is 0 Å². The van der Waals surface area contributed by atoms with E-state index in [0.29, 0.717) is 19.0 Å². The highest BCUT2D eigenvalue weighted by molar-refractivity contribution is 5.88. The van der Waals surface area contributed by atoms with Crippen molar-refractivity contribution in [2.24, 2.45) is 5.92 Å². The summed E-state index contributed by atoms with van der Waals surface area (Å²) in [4.78, 5) is 29.1. The van der Waals surface area contributed by atoms with Crippen LogP contribution < -0.4 is 15.4 Å². The maximum absolute atomic E-state index is 12.6. The molecule has 2 aromatic rings. The molecule has 6 nitrogen and oxygen atoms in total. The van der Waals surface area contributed by atoms with Gasteiger partial charge in [0.2, 0.25) is 17.7 Å². The SMILES string of the molecule is CCOc1ncccc1CNC(=O)C(NC(=O)Cc1ccccc1)C(C)C. The Labute approximate surface area is 160 Å². The Hall–Kier alpha value is -2.89. The van der Waals surface area contributed by atoms with E-state index in [9.17, 15) is 9.59 Å². The third-order valence-electron chi connectivity index (χ3n) is 4.06. The minimum absolute atomic E-state index is 0.0371. The van der Waals surface area contributed by atoms with Crippen molar-refractivity contribution in [1.29, 1.82) is 0 Å². The van der Waals surface area contributed by atoms with Crippen molar-refractivity contribution in [2.45, 2.75) is 39.8 Å². The molecule has 6 heteroatoms. The molecule has 1 heterocycles. The van der Waals surface area contributed by atoms with Gasteiger partial charge in [0.15, 0.2) is 0 Å². The van der Waals surface area contributed by atoms with Gasteiger partial charge < -0.3 is 15.4 Å². The van der Waals surface area contributed by atoms with Gasteiger partial charge in [0.05, 0.1) is 13.0 Å². The number of benzene rings is 1. The summed E-state index contributed by atoms with van der Waals surface area (Å²) in [7, 11) is 0. The molecule has 1 aromatic heterocycles. The van der Waals surface area contributed by atoms with Gasteiger partial charge in [-0.2, -0.15) is 0 Å². The van der Waals surface area contributed by atoms with Crippen LogP contribution in [0.15, 0.2) is 48.7 Å². The summed E-state index contributed by atoms with van der Waals surface area (Å²) in [5.74, 6) is 0.0728. The van der Waals surface area contributed by atoms with Crippen LogP contribution in [0.5, 0.6) is 5.88 Å². The van der Waals surface area contributed by atoms with E-state index in [1.165, 1.54) is 0 Å². The normalized spacial score (nSPS) is 11.7. The molecule has 2 amide bonds. The molecule has 0 aliphatic carbocycles. The third-order valence-corrected chi connectivity index (χ3v) is 4.06. The standard InChI is InChI=1S/C21H27N3O3/c1-4-27-21-17(11-8-12-22-21)14-23-20(26)19(15(2)3)24-18(25)13-16-9-6-5-7-10-16/h5-12,15,19H,4,13-14H2,1-3H3,(H,23,26)(H,24,25). The van der Waals surface area contributed by atoms with Crippen LogP contribution in [-0.4, -0.2) is 29.4 Å². The first-order valence-electron chi connectivity index (χ1n) is 9.19. The second-order valence-electron chi connectivity index (χ2n) is 6.57. The quantitative estimate of drug-likeness (QED) is 0.712. The Bertz CT molecular complexity index is 747. The minimum atomic E-state index is -0.603. The molecule has 1 unspecified atom stereocenters. The molecule has 2 N–H and O–H groups in total. The monoisotopic (exact) mass is 369 g/mol. The van der Waals surface area contributed by atoms with Gasteiger partial charge in [-0.05, 0) is 24.5 Å². The van der Waals surface area contributed by atoms with Crippen LogP contribution in [0.2, 0.25) is 0 Å². The highest BCUT2D eigenvalue weighted by Crippen LogP contribution is 2.14. The van der Waals surface area contributed by atoms with E-state index in [-0.39, 0.29) is 24.2 Å². The summed E-state index contributed by atoms with van der Waals surface area (Å²) in [5, 5.41) is 5.72. The summed E-state index contributed by atoms with van der Waals surface area (Å²) in [5.41, 5.74) is 1.71. The lowest BCUT2D eigenvalue weighted by atomic mass is 10.0. The molecular formula is C21H27N3O3. The van der Waals surface area contributed by atoms with Crippen LogP contribution in [0.25, 0.3) is 0 Å². The van der Waals surface area contributed by atoms with Crippen LogP contribution >= 0.6 is 0 Å². The van der Waals surface area contributed by atoms with Gasteiger partial charge in [0, 0.05) is 18.3 Å². The molecule has 0 bridgehead atoms. The second kappa shape index (κ2) is 10.3. The predicted molar refractivity (Wildman–Crippen MR) is 104 cm³/mol. The van der Waals surface area contributed by atoms with E-state index in [1.807, 2.05) is 57.2 Å². The number of rotatable bonds is 9. The van der Waals surface area contributed by atoms with Crippen LogP contribution in [0.3, 0.4) is 0 Å². The topological polar surface area (TPSA) is 80.3 Å². The predicted octanol–water partition coefficient (Wildman–Crippen LogP) is 2.48. The fourth-order valence-electron chi connectivity index (χ4n) is 2.66. The van der Waals surface area contributed by atoms with Crippen LogP contribution in [0, 0.1) is 5.92 Å². The fourth-order valence-corrected chi connectivity index (χ4v) is 2.66. The van der Waals surface area contributed by atoms with Crippen molar-refractivity contribution in [2.75, 3.05) is 6.61 Å². The summed E-state index contributed by atoms with van der Waals surface area (Å²) in [6.07, 6.45) is 1.89. The minimum Gasteiger partial charge on any atom is -0.478 e. The Balaban J connectivity index is 1.95. The zero-order valence-corrected chi connectivity index (χ0v) is 16.1. The van der Waals surface area contributed by atoms with E-state index >= 15 is 0 Å². The largest absolute Gasteiger partial charge is 0.478 e. The zero-order valence-electron chi connectivity index (χ0n) is 16.1. The van der Waals surface area contributed by atoms with E-state index in [0.717, 1.165) is 11.1 Å². The van der Waals surface area contributed by atoms with E-state index in [4.69, 9.17) is 4.74 Å². The second-order valence-corrected chi connectivity index (χ2v) is 6.57. The van der Waals surface area contributed by atoms with E-state index < -0.39 is 6.04 Å². The molecule has 2 rings (SSSR count). The van der Waals surface area contributed by atoms with Gasteiger partial charge in [-0.15, -0.1) is 0 Å². The molecule has 0 aliphatic rings. The first kappa shape index (κ1) is 20.4. The molecule has 1 atom stereocenters. The number of hydrogen-bond acceptors (Lipinski definition) is 4. The molecule has 27 heavy (non-hydrogen) atoms. The molecule has 0 aliphatic heterocycles. The number of pyridine rings is 1. The lowest BCUT2D eigenvalue weighted by Crippen LogP contribution is -2.49. The number of ether oxygens (including phenoxy) is 1. The van der Waals surface area contributed by atoms with Crippen LogP contribution in [-0.2, 0) is 22.6 Å². The summed E-state index contributed by atoms with van der Waals surface area (Å²) >= 11 is 0. The van der Waals surface area contributed by atoms with Crippen LogP contribution in [0.1, 0.15) is 31.9 Å². The average Bonchev–Trinajstić information content (AvgIpc) is 2.66. The van der Waals surface area contributed by atoms with Crippen molar-refractivity contribution >= 4 is 11.8 Å². The van der Waals surface area contributed by atoms with Gasteiger partial charge in [-0.1, -0.05) is 50.2 Å². The number of hydrogen-bond donors (Lipinski definition) is 2. The number of amides is 2. The van der Waals surface area contributed by atoms with E-state index in [1.54, 1.807) is 12.3 Å². The lowest BCUT2D eigenvalue weighted by Gasteiger charge is -2.22. The Morgan fingerprint density at radius 2 is 1.85 bits per heavy atom. The number of nitrogens with one attached hydrogen (secondary N) is 2. The number of carbonyl (C=O) groups is 2. The maximum Gasteiger partial charge on any atom is 0.243 e. The molecule has 144 valence electrons. The third kappa shape index (κ3) is 6.40. The van der Waals surface area contributed by atoms with Gasteiger partial charge in [-0.25, -0.2) is 4.98 Å². The Morgan fingerprint density at radius 3 is 2.52 bits per heavy atom. The lowest BCUT2D eigenvalue weighted by molar-refractivity contribution is -0.129. The molecule has 0 spiro atoms. The Morgan fingerprint density at radius 1 is 1.11 bits per heavy atom. The Kier molecular flexibility index (Phi) is 7.79. The first-order chi connectivity index (χ1) is 13.0. The van der Waals surface area contributed by atoms with Crippen molar-refractivity contribution in [3.8, 4) is 5.88 Å². The van der Waals surface area contributed by atoms with E-state index in [2.05, 4.69) is 15.6 Å². The summed E-state index contributed by atoms with van der Waals surface area (Å²) in [6.45, 7) is 6.49. The highest BCUT2D eigenvalue weighted by Gasteiger charge is 2.24. The van der Waals surface area contributed by atoms with Crippen molar-refractivity contribution in [3.05, 3.63) is 59.8 Å². The maximum atomic E-state index is 12.6. The number of carbonyl (C=O) groups excluding carboxylic acids is 2. The fraction of sp³-hybridized carbons (Fsp3) is 0.381. The van der Waals surface area contributed by atoms with Gasteiger partial charge in [-0.3, -0.25) is 9.59 Å². The molecular weight excluding hydrogens is 342 g/mol. The average molecular weight is 369 g/mol. The van der Waals surface area contributed by atoms with Crippen LogP contribution in [0.4, 0.5) is 0 Å². The van der Waals surface area contributed by atoms with Gasteiger partial charge in [0.1, 0.15) is 6.04 Å². The highest BCUT2D eigenvalue weighted by atomic mass is 16.5. The zero-order chi connectivity index (χ0) is 19.6. The summed E-state index contributed by atoms with van der Waals surface area (Å²) < 4.78 is 5.48. The molecule has 1 aromatic carbocycles. The molecule has 0 saturated carbocycles. The summed E-state index contributed by atoms with van der Waals surface area (Å²) in [6, 6.07) is 12.5. The smallest absolute Gasteiger partial charge is 0.243 e. The molecule has 0 saturated heterocycles. The first-order valence-corrected chi connectivity index (χ1v) is 9.19. The van der Waals surface area contributed by atoms with Crippen molar-refractivity contribution in [3.63, 3.8) is 0 Å². The van der Waals surface area contributed by atoms with Crippen molar-refractivity contribution in [1.82, 2.24) is 15.6 Å².